The number of fused-ring (bicyclic) bond motifs is 1. The van der Waals surface area contributed by atoms with Gasteiger partial charge >= 0.3 is 0 Å². The average Bonchev–Trinajstić information content (AvgIpc) is 2.77. The lowest BCUT2D eigenvalue weighted by atomic mass is 10.1. The van der Waals surface area contributed by atoms with E-state index in [4.69, 9.17) is 10.2 Å². The van der Waals surface area contributed by atoms with Gasteiger partial charge in [0.05, 0.1) is 0 Å². The Bertz CT molecular complexity index is 703. The molecule has 21 heavy (non-hydrogen) atoms. The molecule has 6 nitrogen and oxygen atoms in total. The van der Waals surface area contributed by atoms with E-state index in [2.05, 4.69) is 10.3 Å². The van der Waals surface area contributed by atoms with Crippen LogP contribution in [0.15, 0.2) is 27.8 Å². The van der Waals surface area contributed by atoms with Crippen molar-refractivity contribution in [2.45, 2.75) is 43.7 Å². The molecule has 1 aromatic carbocycles. The van der Waals surface area contributed by atoms with Crippen molar-refractivity contribution < 1.29 is 13.4 Å². The number of hydrogen-bond acceptors (Lipinski definition) is 5. The lowest BCUT2D eigenvalue weighted by Crippen LogP contribution is -2.46. The Hall–Kier alpha value is -1.89. The number of aromatic nitrogens is 1. The minimum atomic E-state index is -1.66. The summed E-state index contributed by atoms with van der Waals surface area (Å²) < 4.78 is 17.8. The topological polar surface area (TPSA) is 98.2 Å². The molecule has 1 amide bonds. The van der Waals surface area contributed by atoms with Crippen LogP contribution in [0.25, 0.3) is 11.1 Å². The van der Waals surface area contributed by atoms with E-state index in [1.807, 2.05) is 20.8 Å². The summed E-state index contributed by atoms with van der Waals surface area (Å²) in [5, 5.41) is 2.07. The summed E-state index contributed by atoms with van der Waals surface area (Å²) in [5.74, 6) is -0.303. The number of nitrogens with zero attached hydrogens (tertiary/aromatic N) is 1. The first-order valence-corrected chi connectivity index (χ1v) is 7.77. The predicted molar refractivity (Wildman–Crippen MR) is 82.2 cm³/mol. The van der Waals surface area contributed by atoms with Crippen LogP contribution in [0.4, 0.5) is 5.69 Å². The molecule has 1 aromatic heterocycles. The van der Waals surface area contributed by atoms with E-state index in [-0.39, 0.29) is 16.7 Å². The van der Waals surface area contributed by atoms with Gasteiger partial charge in [0.2, 0.25) is 5.91 Å². The number of nitrogens with two attached hydrogens (primary N) is 1. The van der Waals surface area contributed by atoms with Gasteiger partial charge in [-0.05, 0) is 45.9 Å². The van der Waals surface area contributed by atoms with Gasteiger partial charge in [0.15, 0.2) is 5.58 Å². The maximum absolute atomic E-state index is 12.4. The second kappa shape index (κ2) is 5.48. The zero-order valence-electron chi connectivity index (χ0n) is 12.5. The van der Waals surface area contributed by atoms with Crippen molar-refractivity contribution in [1.82, 2.24) is 10.3 Å². The highest BCUT2D eigenvalue weighted by Gasteiger charge is 2.28. The normalized spacial score (nSPS) is 14.9. The number of benzene rings is 1. The van der Waals surface area contributed by atoms with Gasteiger partial charge in [-0.2, -0.15) is 0 Å². The van der Waals surface area contributed by atoms with Crippen molar-refractivity contribution in [2.75, 3.05) is 5.73 Å². The molecule has 0 aliphatic heterocycles. The minimum Gasteiger partial charge on any atom is -0.430 e. The van der Waals surface area contributed by atoms with E-state index in [1.165, 1.54) is 0 Å². The number of nitrogen functional groups attached to an aromatic ring is 1. The third kappa shape index (κ3) is 3.60. The lowest BCUT2D eigenvalue weighted by molar-refractivity contribution is -0.121. The molecule has 0 aliphatic carbocycles. The molecule has 0 saturated heterocycles. The summed E-state index contributed by atoms with van der Waals surface area (Å²) in [7, 11) is -1.66. The molecule has 0 aliphatic rings. The standard InChI is InChI=1S/C14H19N3O3S/c1-8(12(18)17-14(2,3)4)21(19)13-16-10-7-9(15)5-6-11(10)20-13/h5-8H,15H2,1-4H3,(H,17,18). The second-order valence-corrected chi connectivity index (χ2v) is 7.54. The quantitative estimate of drug-likeness (QED) is 0.843. The molecule has 114 valence electrons. The molecule has 0 radical (unpaired) electrons. The van der Waals surface area contributed by atoms with Crippen molar-refractivity contribution in [3.05, 3.63) is 18.2 Å². The highest BCUT2D eigenvalue weighted by molar-refractivity contribution is 7.86. The van der Waals surface area contributed by atoms with Crippen molar-refractivity contribution in [3.8, 4) is 0 Å². The summed E-state index contributed by atoms with van der Waals surface area (Å²) in [5.41, 5.74) is 6.85. The molecule has 0 saturated carbocycles. The minimum absolute atomic E-state index is 0.0344. The zero-order valence-corrected chi connectivity index (χ0v) is 13.3. The van der Waals surface area contributed by atoms with Gasteiger partial charge in [-0.15, -0.1) is 0 Å². The van der Waals surface area contributed by atoms with Crippen LogP contribution in [0.1, 0.15) is 27.7 Å². The average molecular weight is 309 g/mol. The maximum Gasteiger partial charge on any atom is 0.288 e. The van der Waals surface area contributed by atoms with Crippen LogP contribution >= 0.6 is 0 Å². The lowest BCUT2D eigenvalue weighted by Gasteiger charge is -2.22. The van der Waals surface area contributed by atoms with Gasteiger partial charge in [0, 0.05) is 11.2 Å². The van der Waals surface area contributed by atoms with E-state index in [0.29, 0.717) is 16.8 Å². The van der Waals surface area contributed by atoms with Crippen molar-refractivity contribution in [1.29, 1.82) is 0 Å². The predicted octanol–water partition coefficient (Wildman–Crippen LogP) is 1.82. The van der Waals surface area contributed by atoms with E-state index in [9.17, 15) is 9.00 Å². The highest BCUT2D eigenvalue weighted by Crippen LogP contribution is 2.21. The Morgan fingerprint density at radius 3 is 2.71 bits per heavy atom. The van der Waals surface area contributed by atoms with E-state index >= 15 is 0 Å². The van der Waals surface area contributed by atoms with Crippen molar-refractivity contribution in [3.63, 3.8) is 0 Å². The van der Waals surface area contributed by atoms with Gasteiger partial charge < -0.3 is 15.5 Å². The number of hydrogen-bond donors (Lipinski definition) is 2. The van der Waals surface area contributed by atoms with Crippen molar-refractivity contribution >= 4 is 33.5 Å². The molecule has 0 bridgehead atoms. The molecule has 1 heterocycles. The molecular weight excluding hydrogens is 290 g/mol. The summed E-state index contributed by atoms with van der Waals surface area (Å²) in [4.78, 5) is 16.2. The molecule has 2 rings (SSSR count). The second-order valence-electron chi connectivity index (χ2n) is 5.89. The van der Waals surface area contributed by atoms with Gasteiger partial charge in [0.25, 0.3) is 5.22 Å². The summed E-state index contributed by atoms with van der Waals surface area (Å²) in [6.45, 7) is 7.18. The van der Waals surface area contributed by atoms with Crippen LogP contribution in [-0.4, -0.2) is 25.9 Å². The van der Waals surface area contributed by atoms with Crippen LogP contribution < -0.4 is 11.1 Å². The molecule has 0 spiro atoms. The first-order valence-electron chi connectivity index (χ1n) is 6.56. The number of oxazole rings is 1. The van der Waals surface area contributed by atoms with Crippen molar-refractivity contribution in [2.24, 2.45) is 0 Å². The number of nitrogens with one attached hydrogen (secondary N) is 1. The Morgan fingerprint density at radius 2 is 2.10 bits per heavy atom. The van der Waals surface area contributed by atoms with Gasteiger partial charge in [-0.25, -0.2) is 9.19 Å². The molecule has 0 fully saturated rings. The number of amides is 1. The molecule has 2 unspecified atom stereocenters. The van der Waals surface area contributed by atoms with Gasteiger partial charge in [-0.3, -0.25) is 4.79 Å². The summed E-state index contributed by atoms with van der Waals surface area (Å²) >= 11 is 0. The summed E-state index contributed by atoms with van der Waals surface area (Å²) in [6, 6.07) is 4.98. The fourth-order valence-electron chi connectivity index (χ4n) is 1.73. The molecule has 2 aromatic rings. The van der Waals surface area contributed by atoms with Crippen LogP contribution in [0.3, 0.4) is 0 Å². The first kappa shape index (κ1) is 15.5. The monoisotopic (exact) mass is 309 g/mol. The number of carbonyl (C=O) groups is 1. The molecular formula is C14H19N3O3S. The first-order chi connectivity index (χ1) is 9.67. The molecule has 2 atom stereocenters. The van der Waals surface area contributed by atoms with Crippen LogP contribution in [0.5, 0.6) is 0 Å². The number of rotatable bonds is 3. The van der Waals surface area contributed by atoms with Crippen LogP contribution in [0, 0.1) is 0 Å². The van der Waals surface area contributed by atoms with E-state index < -0.39 is 16.0 Å². The largest absolute Gasteiger partial charge is 0.430 e. The SMILES string of the molecule is CC(C(=O)NC(C)(C)C)S(=O)c1nc2cc(N)ccc2o1. The number of carbonyl (C=O) groups excluding carboxylic acids is 1. The summed E-state index contributed by atoms with van der Waals surface area (Å²) in [6.07, 6.45) is 0. The van der Waals surface area contributed by atoms with Gasteiger partial charge in [0.1, 0.15) is 21.6 Å². The fraction of sp³-hybridized carbons (Fsp3) is 0.429. The zero-order chi connectivity index (χ0) is 15.8. The Morgan fingerprint density at radius 1 is 1.43 bits per heavy atom. The third-order valence-corrected chi connectivity index (χ3v) is 4.13. The Kier molecular flexibility index (Phi) is 4.04. The van der Waals surface area contributed by atoms with E-state index in [1.54, 1.807) is 25.1 Å². The third-order valence-electron chi connectivity index (χ3n) is 2.75. The number of anilines is 1. The Labute approximate surface area is 125 Å². The molecule has 3 N–H and O–H groups in total. The fourth-order valence-corrected chi connectivity index (χ4v) is 2.65. The smallest absolute Gasteiger partial charge is 0.288 e. The van der Waals surface area contributed by atoms with Crippen LogP contribution in [0.2, 0.25) is 0 Å². The van der Waals surface area contributed by atoms with Gasteiger partial charge in [-0.1, -0.05) is 0 Å². The van der Waals surface area contributed by atoms with E-state index in [0.717, 1.165) is 0 Å². The van der Waals surface area contributed by atoms with Crippen LogP contribution in [-0.2, 0) is 15.6 Å². The highest BCUT2D eigenvalue weighted by atomic mass is 32.2. The Balaban J connectivity index is 2.23. The maximum atomic E-state index is 12.4. The molecule has 7 heteroatoms.